The number of hydrogen-bond acceptors (Lipinski definition) is 1. The first-order valence-corrected chi connectivity index (χ1v) is 16.8. The molecule has 0 atom stereocenters. The Bertz CT molecular complexity index is 2820. The van der Waals surface area contributed by atoms with Gasteiger partial charge in [-0.25, -0.2) is 4.98 Å². The molecule has 0 radical (unpaired) electrons. The number of nitrogens with zero attached hydrogens (tertiary/aromatic N) is 2. The summed E-state index contributed by atoms with van der Waals surface area (Å²) in [5, 5.41) is 10.0. The first kappa shape index (κ1) is 27.6. The van der Waals surface area contributed by atoms with E-state index in [9.17, 15) is 0 Å². The van der Waals surface area contributed by atoms with E-state index >= 15 is 0 Å². The topological polar surface area (TPSA) is 17.3 Å². The highest BCUT2D eigenvalue weighted by Crippen LogP contribution is 2.44. The average molecular weight is 623 g/mol. The Morgan fingerprint density at radius 2 is 0.776 bits per heavy atom. The Morgan fingerprint density at radius 1 is 0.327 bits per heavy atom. The van der Waals surface area contributed by atoms with Gasteiger partial charge in [0.1, 0.15) is 5.65 Å². The Morgan fingerprint density at radius 3 is 1.39 bits per heavy atom. The van der Waals surface area contributed by atoms with Gasteiger partial charge in [0.2, 0.25) is 0 Å². The molecule has 0 saturated heterocycles. The van der Waals surface area contributed by atoms with Gasteiger partial charge >= 0.3 is 0 Å². The zero-order chi connectivity index (χ0) is 32.3. The third-order valence-electron chi connectivity index (χ3n) is 9.97. The smallest absolute Gasteiger partial charge is 0.137 e. The molecule has 0 aliphatic rings. The number of aromatic nitrogens is 2. The molecule has 0 spiro atoms. The molecule has 2 nitrogen and oxygen atoms in total. The van der Waals surface area contributed by atoms with Crippen molar-refractivity contribution in [1.82, 2.24) is 9.38 Å². The molecule has 228 valence electrons. The summed E-state index contributed by atoms with van der Waals surface area (Å²) in [7, 11) is 0. The number of fused-ring (bicyclic) bond motifs is 5. The Balaban J connectivity index is 1.06. The fourth-order valence-corrected chi connectivity index (χ4v) is 7.57. The predicted molar refractivity (Wildman–Crippen MR) is 207 cm³/mol. The van der Waals surface area contributed by atoms with E-state index in [0.717, 1.165) is 16.9 Å². The molecule has 0 N–H and O–H groups in total. The summed E-state index contributed by atoms with van der Waals surface area (Å²) in [6.07, 6.45) is 4.32. The van der Waals surface area contributed by atoms with Crippen LogP contribution in [0.3, 0.4) is 0 Å². The van der Waals surface area contributed by atoms with Crippen molar-refractivity contribution in [3.8, 4) is 44.6 Å². The second-order valence-corrected chi connectivity index (χ2v) is 12.9. The maximum atomic E-state index is 5.00. The summed E-state index contributed by atoms with van der Waals surface area (Å²) in [5.41, 5.74) is 10.3. The van der Waals surface area contributed by atoms with Gasteiger partial charge in [-0.1, -0.05) is 146 Å². The summed E-state index contributed by atoms with van der Waals surface area (Å²) in [5.74, 6) is 0. The molecule has 0 amide bonds. The second-order valence-electron chi connectivity index (χ2n) is 12.9. The summed E-state index contributed by atoms with van der Waals surface area (Å²) >= 11 is 0. The minimum atomic E-state index is 0.935. The quantitative estimate of drug-likeness (QED) is 0.179. The summed E-state index contributed by atoms with van der Waals surface area (Å²) in [6.45, 7) is 0. The lowest BCUT2D eigenvalue weighted by atomic mass is 9.85. The van der Waals surface area contributed by atoms with Gasteiger partial charge in [0, 0.05) is 18.0 Å². The van der Waals surface area contributed by atoms with Crippen LogP contribution in [0.4, 0.5) is 0 Å². The minimum Gasteiger partial charge on any atom is -0.306 e. The third-order valence-corrected chi connectivity index (χ3v) is 9.97. The summed E-state index contributed by atoms with van der Waals surface area (Å²) < 4.78 is 2.14. The largest absolute Gasteiger partial charge is 0.306 e. The zero-order valence-electron chi connectivity index (χ0n) is 26.7. The van der Waals surface area contributed by atoms with Gasteiger partial charge in [-0.3, -0.25) is 0 Å². The van der Waals surface area contributed by atoms with Crippen molar-refractivity contribution >= 4 is 48.7 Å². The van der Waals surface area contributed by atoms with E-state index in [-0.39, 0.29) is 0 Å². The molecule has 0 fully saturated rings. The zero-order valence-corrected chi connectivity index (χ0v) is 26.7. The van der Waals surface area contributed by atoms with E-state index in [2.05, 4.69) is 187 Å². The Hall–Kier alpha value is -6.51. The normalized spacial score (nSPS) is 11.7. The lowest BCUT2D eigenvalue weighted by Gasteiger charge is -2.18. The van der Waals surface area contributed by atoms with Crippen molar-refractivity contribution in [2.45, 2.75) is 0 Å². The molecule has 0 aliphatic carbocycles. The number of hydrogen-bond donors (Lipinski definition) is 0. The van der Waals surface area contributed by atoms with Gasteiger partial charge in [-0.15, -0.1) is 0 Å². The van der Waals surface area contributed by atoms with Gasteiger partial charge in [-0.05, 0) is 101 Å². The van der Waals surface area contributed by atoms with E-state index in [1.807, 2.05) is 0 Å². The monoisotopic (exact) mass is 622 g/mol. The average Bonchev–Trinajstić information content (AvgIpc) is 3.60. The molecule has 0 bridgehead atoms. The van der Waals surface area contributed by atoms with Gasteiger partial charge < -0.3 is 4.40 Å². The van der Waals surface area contributed by atoms with Crippen molar-refractivity contribution < 1.29 is 0 Å². The highest BCUT2D eigenvalue weighted by molar-refractivity contribution is 6.21. The number of pyridine rings is 1. The van der Waals surface area contributed by atoms with Crippen molar-refractivity contribution in [2.75, 3.05) is 0 Å². The van der Waals surface area contributed by atoms with E-state index in [1.165, 1.54) is 76.5 Å². The van der Waals surface area contributed by atoms with Crippen LogP contribution >= 0.6 is 0 Å². The SMILES string of the molecule is c1ccc2cc(-c3ccc4nc(-c5ccc(-c6c7ccccc7c(-c7ccc8ccccc8c7)c7ccccc67)cc5)cn4c3)ccc2c1. The number of benzene rings is 8. The van der Waals surface area contributed by atoms with E-state index in [4.69, 9.17) is 4.98 Å². The Kier molecular flexibility index (Phi) is 6.22. The molecular weight excluding hydrogens is 593 g/mol. The first-order chi connectivity index (χ1) is 24.3. The lowest BCUT2D eigenvalue weighted by Crippen LogP contribution is -1.91. The van der Waals surface area contributed by atoms with E-state index in [1.54, 1.807) is 0 Å². The third kappa shape index (κ3) is 4.61. The highest BCUT2D eigenvalue weighted by Gasteiger charge is 2.17. The molecule has 2 heteroatoms. The molecule has 49 heavy (non-hydrogen) atoms. The molecule has 0 saturated carbocycles. The van der Waals surface area contributed by atoms with Crippen LogP contribution in [-0.2, 0) is 0 Å². The number of rotatable bonds is 4. The summed E-state index contributed by atoms with van der Waals surface area (Å²) in [6, 6.07) is 61.5. The van der Waals surface area contributed by atoms with Crippen molar-refractivity contribution in [3.05, 3.63) is 182 Å². The van der Waals surface area contributed by atoms with Crippen molar-refractivity contribution in [2.24, 2.45) is 0 Å². The maximum Gasteiger partial charge on any atom is 0.137 e. The molecule has 10 rings (SSSR count). The van der Waals surface area contributed by atoms with Gasteiger partial charge in [0.05, 0.1) is 5.69 Å². The summed E-state index contributed by atoms with van der Waals surface area (Å²) in [4.78, 5) is 5.00. The van der Waals surface area contributed by atoms with E-state index < -0.39 is 0 Å². The standard InChI is InChI=1S/C47H30N2/c1-3-11-35-27-37(23-17-31(35)9-1)39-25-26-45-48-44(30-49(45)29-39)33-19-21-34(22-20-33)46-40-13-5-7-15-42(40)47(43-16-8-6-14-41(43)46)38-24-18-32-10-2-4-12-36(32)28-38/h1-30H. The van der Waals surface area contributed by atoms with Crippen LogP contribution in [0, 0.1) is 0 Å². The molecule has 2 aromatic heterocycles. The van der Waals surface area contributed by atoms with Crippen LogP contribution < -0.4 is 0 Å². The van der Waals surface area contributed by atoms with Crippen LogP contribution in [-0.4, -0.2) is 9.38 Å². The van der Waals surface area contributed by atoms with Crippen LogP contribution in [0.1, 0.15) is 0 Å². The highest BCUT2D eigenvalue weighted by atomic mass is 15.0. The molecule has 0 aliphatic heterocycles. The molecular formula is C47H30N2. The lowest BCUT2D eigenvalue weighted by molar-refractivity contribution is 1.19. The molecule has 2 heterocycles. The molecule has 0 unspecified atom stereocenters. The maximum absolute atomic E-state index is 5.00. The second kappa shape index (κ2) is 11.0. The molecule has 10 aromatic rings. The van der Waals surface area contributed by atoms with Crippen molar-refractivity contribution in [3.63, 3.8) is 0 Å². The van der Waals surface area contributed by atoms with Gasteiger partial charge in [-0.2, -0.15) is 0 Å². The Labute approximate surface area is 284 Å². The van der Waals surface area contributed by atoms with Crippen LogP contribution in [0.5, 0.6) is 0 Å². The fraction of sp³-hybridized carbons (Fsp3) is 0. The van der Waals surface area contributed by atoms with Crippen LogP contribution in [0.15, 0.2) is 182 Å². The van der Waals surface area contributed by atoms with Gasteiger partial charge in [0.15, 0.2) is 0 Å². The van der Waals surface area contributed by atoms with E-state index in [0.29, 0.717) is 0 Å². The first-order valence-electron chi connectivity index (χ1n) is 16.8. The fourth-order valence-electron chi connectivity index (χ4n) is 7.57. The van der Waals surface area contributed by atoms with Gasteiger partial charge in [0.25, 0.3) is 0 Å². The minimum absolute atomic E-state index is 0.935. The van der Waals surface area contributed by atoms with Crippen molar-refractivity contribution in [1.29, 1.82) is 0 Å². The van der Waals surface area contributed by atoms with Crippen LogP contribution in [0.2, 0.25) is 0 Å². The molecule has 8 aromatic carbocycles. The predicted octanol–water partition coefficient (Wildman–Crippen LogP) is 12.6. The van der Waals surface area contributed by atoms with Crippen LogP contribution in [0.25, 0.3) is 93.4 Å². The number of imidazole rings is 1.